The van der Waals surface area contributed by atoms with Gasteiger partial charge in [0.15, 0.2) is 0 Å². The Morgan fingerprint density at radius 1 is 1.27 bits per heavy atom. The lowest BCUT2D eigenvalue weighted by molar-refractivity contribution is -0.144. The quantitative estimate of drug-likeness (QED) is 0.626. The molecule has 156 valence electrons. The number of anilines is 1. The van der Waals surface area contributed by atoms with Gasteiger partial charge in [0.05, 0.1) is 15.9 Å². The molecular weight excluding hydrogens is 416 g/mol. The Labute approximate surface area is 185 Å². The second-order valence-corrected chi connectivity index (χ2v) is 9.48. The van der Waals surface area contributed by atoms with Crippen LogP contribution in [0.2, 0.25) is 4.34 Å². The Morgan fingerprint density at radius 2 is 2.10 bits per heavy atom. The maximum Gasteiger partial charge on any atom is 0.240 e. The Bertz CT molecular complexity index is 1100. The maximum atomic E-state index is 13.0. The first-order valence-corrected chi connectivity index (χ1v) is 11.2. The highest BCUT2D eigenvalue weighted by molar-refractivity contribution is 7.16. The van der Waals surface area contributed by atoms with Crippen LogP contribution >= 0.6 is 22.9 Å². The lowest BCUT2D eigenvalue weighted by Gasteiger charge is -2.43. The van der Waals surface area contributed by atoms with Gasteiger partial charge < -0.3 is 10.6 Å². The summed E-state index contributed by atoms with van der Waals surface area (Å²) in [6.07, 6.45) is 5.89. The average Bonchev–Trinajstić information content (AvgIpc) is 3.14. The number of thiophene rings is 1. The van der Waals surface area contributed by atoms with Crippen molar-refractivity contribution >= 4 is 51.5 Å². The lowest BCUT2D eigenvalue weighted by atomic mass is 10.0. The van der Waals surface area contributed by atoms with Crippen molar-refractivity contribution in [2.24, 2.45) is 0 Å². The number of carbonyl (C=O) groups excluding carboxylic acids is 1. The molecule has 1 amide bonds. The number of fused-ring (bicyclic) bond motifs is 1. The minimum Gasteiger partial charge on any atom is -0.398 e. The van der Waals surface area contributed by atoms with Gasteiger partial charge in [0, 0.05) is 47.8 Å². The van der Waals surface area contributed by atoms with Gasteiger partial charge in [-0.15, -0.1) is 11.3 Å². The molecule has 5 nitrogen and oxygen atoms in total. The molecule has 1 aliphatic rings. The first-order valence-electron chi connectivity index (χ1n) is 10.0. The van der Waals surface area contributed by atoms with Crippen molar-refractivity contribution in [3.8, 4) is 0 Å². The highest BCUT2D eigenvalue weighted by atomic mass is 35.5. The Balaban J connectivity index is 1.43. The zero-order valence-corrected chi connectivity index (χ0v) is 18.7. The van der Waals surface area contributed by atoms with Gasteiger partial charge in [0.2, 0.25) is 5.91 Å². The van der Waals surface area contributed by atoms with Crippen molar-refractivity contribution in [1.82, 2.24) is 14.8 Å². The summed E-state index contributed by atoms with van der Waals surface area (Å²) in [5.41, 5.74) is 8.67. The number of pyridine rings is 1. The van der Waals surface area contributed by atoms with E-state index in [9.17, 15) is 4.79 Å². The van der Waals surface area contributed by atoms with Crippen LogP contribution in [0.4, 0.5) is 5.69 Å². The van der Waals surface area contributed by atoms with E-state index in [1.54, 1.807) is 23.6 Å². The highest BCUT2D eigenvalue weighted by Crippen LogP contribution is 2.24. The van der Waals surface area contributed by atoms with E-state index in [-0.39, 0.29) is 18.0 Å². The first-order chi connectivity index (χ1) is 14.4. The number of aromatic nitrogens is 1. The molecule has 0 spiro atoms. The van der Waals surface area contributed by atoms with E-state index in [0.717, 1.165) is 37.9 Å². The van der Waals surface area contributed by atoms with E-state index in [1.165, 1.54) is 0 Å². The van der Waals surface area contributed by atoms with E-state index < -0.39 is 0 Å². The van der Waals surface area contributed by atoms with Gasteiger partial charge in [0.25, 0.3) is 0 Å². The van der Waals surface area contributed by atoms with Gasteiger partial charge in [-0.3, -0.25) is 14.7 Å². The molecule has 0 bridgehead atoms. The summed E-state index contributed by atoms with van der Waals surface area (Å²) in [6, 6.07) is 11.8. The van der Waals surface area contributed by atoms with Crippen molar-refractivity contribution in [2.45, 2.75) is 32.5 Å². The smallest absolute Gasteiger partial charge is 0.240 e. The fourth-order valence-electron chi connectivity index (χ4n) is 4.03. The number of nitrogen functional groups attached to an aromatic ring is 1. The van der Waals surface area contributed by atoms with Crippen molar-refractivity contribution in [3.05, 3.63) is 63.4 Å². The Kier molecular flexibility index (Phi) is 6.09. The molecule has 30 heavy (non-hydrogen) atoms. The van der Waals surface area contributed by atoms with E-state index in [1.807, 2.05) is 42.2 Å². The van der Waals surface area contributed by atoms with Crippen LogP contribution in [-0.2, 0) is 11.3 Å². The van der Waals surface area contributed by atoms with Crippen LogP contribution in [-0.4, -0.2) is 45.9 Å². The number of piperazine rings is 1. The standard InChI is InChI=1S/C23H25ClN4OS/c1-15-13-27(14-17-5-7-19-20(25)9-10-26-21(19)12-17)23(29)16(2)28(15)11-3-4-18-6-8-22(24)30-18/h3-10,12,15-16H,11,13-14H2,1-2H3,(H2,25,26)/b4-3+/t15-,16+/m1/s1. The summed E-state index contributed by atoms with van der Waals surface area (Å²) >= 11 is 7.54. The monoisotopic (exact) mass is 440 g/mol. The van der Waals surface area contributed by atoms with Gasteiger partial charge in [-0.25, -0.2) is 0 Å². The molecule has 0 saturated carbocycles. The molecule has 4 rings (SSSR count). The molecular formula is C23H25ClN4OS. The molecule has 2 atom stereocenters. The highest BCUT2D eigenvalue weighted by Gasteiger charge is 2.35. The van der Waals surface area contributed by atoms with Crippen molar-refractivity contribution in [1.29, 1.82) is 0 Å². The number of nitrogens with zero attached hydrogens (tertiary/aromatic N) is 3. The predicted molar refractivity (Wildman–Crippen MR) is 126 cm³/mol. The van der Waals surface area contributed by atoms with Crippen LogP contribution in [0.25, 0.3) is 17.0 Å². The van der Waals surface area contributed by atoms with Gasteiger partial charge in [-0.05, 0) is 49.8 Å². The molecule has 0 radical (unpaired) electrons. The number of carbonyl (C=O) groups is 1. The molecule has 1 aliphatic heterocycles. The third kappa shape index (κ3) is 4.36. The minimum atomic E-state index is -0.167. The van der Waals surface area contributed by atoms with E-state index in [4.69, 9.17) is 17.3 Å². The molecule has 0 aliphatic carbocycles. The molecule has 0 unspecified atom stereocenters. The first kappa shape index (κ1) is 20.8. The van der Waals surface area contributed by atoms with Crippen LogP contribution in [0, 0.1) is 0 Å². The largest absolute Gasteiger partial charge is 0.398 e. The van der Waals surface area contributed by atoms with E-state index >= 15 is 0 Å². The Hall–Kier alpha value is -2.41. The molecule has 7 heteroatoms. The van der Waals surface area contributed by atoms with Crippen molar-refractivity contribution < 1.29 is 4.79 Å². The summed E-state index contributed by atoms with van der Waals surface area (Å²) in [5.74, 6) is 0.154. The van der Waals surface area contributed by atoms with Gasteiger partial charge in [0.1, 0.15) is 0 Å². The second-order valence-electron chi connectivity index (χ2n) is 7.74. The molecule has 2 N–H and O–H groups in total. The SMILES string of the molecule is C[C@@H]1CN(Cc2ccc3c(N)ccnc3c2)C(=O)[C@H](C)N1C/C=C/c1ccc(Cl)s1. The summed E-state index contributed by atoms with van der Waals surface area (Å²) in [4.78, 5) is 22.8. The molecule has 2 aromatic heterocycles. The number of hydrogen-bond donors (Lipinski definition) is 1. The van der Waals surface area contributed by atoms with Crippen LogP contribution in [0.3, 0.4) is 0 Å². The molecule has 3 heterocycles. The lowest BCUT2D eigenvalue weighted by Crippen LogP contribution is -2.59. The van der Waals surface area contributed by atoms with Crippen LogP contribution in [0.5, 0.6) is 0 Å². The maximum absolute atomic E-state index is 13.0. The van der Waals surface area contributed by atoms with E-state index in [0.29, 0.717) is 13.1 Å². The predicted octanol–water partition coefficient (Wildman–Crippen LogP) is 4.67. The summed E-state index contributed by atoms with van der Waals surface area (Å²) in [6.45, 7) is 6.18. The fourth-order valence-corrected chi connectivity index (χ4v) is 5.02. The van der Waals surface area contributed by atoms with Gasteiger partial charge >= 0.3 is 0 Å². The number of rotatable bonds is 5. The molecule has 1 aromatic carbocycles. The van der Waals surface area contributed by atoms with Crippen molar-refractivity contribution in [3.63, 3.8) is 0 Å². The number of nitrogens with two attached hydrogens (primary N) is 1. The molecule has 1 saturated heterocycles. The zero-order valence-electron chi connectivity index (χ0n) is 17.1. The summed E-state index contributed by atoms with van der Waals surface area (Å²) in [7, 11) is 0. The van der Waals surface area contributed by atoms with Crippen LogP contribution in [0.15, 0.2) is 48.7 Å². The average molecular weight is 441 g/mol. The van der Waals surface area contributed by atoms with Crippen LogP contribution < -0.4 is 5.73 Å². The van der Waals surface area contributed by atoms with Crippen LogP contribution in [0.1, 0.15) is 24.3 Å². The van der Waals surface area contributed by atoms with Gasteiger partial charge in [-0.2, -0.15) is 0 Å². The van der Waals surface area contributed by atoms with Gasteiger partial charge in [-0.1, -0.05) is 29.8 Å². The number of halogens is 1. The molecule has 3 aromatic rings. The van der Waals surface area contributed by atoms with E-state index in [2.05, 4.69) is 29.0 Å². The minimum absolute atomic E-state index is 0.154. The number of amides is 1. The zero-order chi connectivity index (χ0) is 21.3. The molecule has 1 fully saturated rings. The third-order valence-electron chi connectivity index (χ3n) is 5.62. The number of benzene rings is 1. The second kappa shape index (κ2) is 8.76. The Morgan fingerprint density at radius 3 is 2.87 bits per heavy atom. The fraction of sp³-hybridized carbons (Fsp3) is 0.304. The topological polar surface area (TPSA) is 62.5 Å². The summed E-state index contributed by atoms with van der Waals surface area (Å²) < 4.78 is 0.784. The van der Waals surface area contributed by atoms with Crippen molar-refractivity contribution in [2.75, 3.05) is 18.8 Å². The third-order valence-corrected chi connectivity index (χ3v) is 6.82. The normalized spacial score (nSPS) is 20.5. The number of hydrogen-bond acceptors (Lipinski definition) is 5. The summed E-state index contributed by atoms with van der Waals surface area (Å²) in [5, 5.41) is 0.943.